The minimum atomic E-state index is -3.72. The van der Waals surface area contributed by atoms with E-state index in [9.17, 15) is 12.8 Å². The lowest BCUT2D eigenvalue weighted by atomic mass is 9.88. The zero-order valence-corrected chi connectivity index (χ0v) is 14.6. The highest BCUT2D eigenvalue weighted by Gasteiger charge is 2.26. The predicted octanol–water partition coefficient (Wildman–Crippen LogP) is 3.38. The van der Waals surface area contributed by atoms with Gasteiger partial charge in [-0.15, -0.1) is 0 Å². The van der Waals surface area contributed by atoms with Crippen molar-refractivity contribution in [2.24, 2.45) is 0 Å². The van der Waals surface area contributed by atoms with Crippen molar-refractivity contribution in [2.45, 2.75) is 44.0 Å². The fourth-order valence-electron chi connectivity index (χ4n) is 3.27. The number of aryl methyl sites for hydroxylation is 3. The van der Waals surface area contributed by atoms with Gasteiger partial charge in [0, 0.05) is 11.7 Å². The first-order chi connectivity index (χ1) is 11.3. The van der Waals surface area contributed by atoms with E-state index in [1.807, 2.05) is 12.1 Å². The maximum absolute atomic E-state index is 13.8. The zero-order chi connectivity index (χ0) is 17.5. The monoisotopic (exact) mass is 348 g/mol. The zero-order valence-electron chi connectivity index (χ0n) is 13.8. The van der Waals surface area contributed by atoms with Crippen LogP contribution in [-0.4, -0.2) is 8.42 Å². The van der Waals surface area contributed by atoms with E-state index in [2.05, 4.69) is 4.72 Å². The molecule has 0 heterocycles. The Hall–Kier alpha value is -1.92. The van der Waals surface area contributed by atoms with Crippen molar-refractivity contribution in [2.75, 3.05) is 5.73 Å². The molecule has 1 aliphatic carbocycles. The van der Waals surface area contributed by atoms with Gasteiger partial charge in [-0.25, -0.2) is 17.5 Å². The molecule has 6 heteroatoms. The Morgan fingerprint density at radius 1 is 1.17 bits per heavy atom. The van der Waals surface area contributed by atoms with Gasteiger partial charge in [-0.05, 0) is 79.6 Å². The van der Waals surface area contributed by atoms with Gasteiger partial charge in [0.05, 0.1) is 4.90 Å². The van der Waals surface area contributed by atoms with Crippen molar-refractivity contribution >= 4 is 15.7 Å². The molecular weight excluding hydrogens is 327 g/mol. The highest BCUT2D eigenvalue weighted by atomic mass is 32.2. The van der Waals surface area contributed by atoms with Gasteiger partial charge in [0.2, 0.25) is 10.0 Å². The van der Waals surface area contributed by atoms with E-state index >= 15 is 0 Å². The number of nitrogens with one attached hydrogen (secondary N) is 1. The van der Waals surface area contributed by atoms with Gasteiger partial charge < -0.3 is 5.73 Å². The lowest BCUT2D eigenvalue weighted by Crippen LogP contribution is -2.31. The minimum absolute atomic E-state index is 0.0986. The third-order valence-electron chi connectivity index (χ3n) is 4.50. The van der Waals surface area contributed by atoms with Crippen molar-refractivity contribution in [1.82, 2.24) is 4.72 Å². The van der Waals surface area contributed by atoms with Crippen LogP contribution in [0.15, 0.2) is 35.2 Å². The van der Waals surface area contributed by atoms with Crippen LogP contribution in [0, 0.1) is 19.7 Å². The van der Waals surface area contributed by atoms with E-state index in [0.717, 1.165) is 30.4 Å². The molecule has 2 aromatic carbocycles. The number of nitrogen functional groups attached to an aromatic ring is 1. The second-order valence-corrected chi connectivity index (χ2v) is 8.11. The molecule has 0 radical (unpaired) electrons. The van der Waals surface area contributed by atoms with Crippen LogP contribution in [-0.2, 0) is 16.4 Å². The Bertz CT molecular complexity index is 871. The summed E-state index contributed by atoms with van der Waals surface area (Å²) in [6.45, 7) is 3.14. The van der Waals surface area contributed by atoms with Crippen molar-refractivity contribution in [3.63, 3.8) is 0 Å². The van der Waals surface area contributed by atoms with Gasteiger partial charge in [0.15, 0.2) is 0 Å². The van der Waals surface area contributed by atoms with E-state index in [1.165, 1.54) is 12.1 Å². The Morgan fingerprint density at radius 3 is 2.50 bits per heavy atom. The average molecular weight is 348 g/mol. The van der Waals surface area contributed by atoms with Crippen LogP contribution in [0.3, 0.4) is 0 Å². The van der Waals surface area contributed by atoms with Crippen LogP contribution in [0.2, 0.25) is 0 Å². The molecule has 128 valence electrons. The largest absolute Gasteiger partial charge is 0.399 e. The van der Waals surface area contributed by atoms with Gasteiger partial charge in [-0.3, -0.25) is 0 Å². The Labute approximate surface area is 141 Å². The second kappa shape index (κ2) is 6.18. The summed E-state index contributed by atoms with van der Waals surface area (Å²) in [5, 5.41) is 0. The summed E-state index contributed by atoms with van der Waals surface area (Å²) in [7, 11) is -3.72. The van der Waals surface area contributed by atoms with Gasteiger partial charge in [0.25, 0.3) is 0 Å². The smallest absolute Gasteiger partial charge is 0.241 e. The van der Waals surface area contributed by atoms with Gasteiger partial charge in [-0.2, -0.15) is 0 Å². The van der Waals surface area contributed by atoms with Crippen LogP contribution in [0.4, 0.5) is 10.1 Å². The van der Waals surface area contributed by atoms with Crippen LogP contribution in [0.5, 0.6) is 0 Å². The number of nitrogens with two attached hydrogens (primary N) is 1. The molecule has 0 aromatic heterocycles. The molecule has 0 spiro atoms. The topological polar surface area (TPSA) is 72.2 Å². The molecule has 24 heavy (non-hydrogen) atoms. The number of hydrogen-bond donors (Lipinski definition) is 2. The highest BCUT2D eigenvalue weighted by Crippen LogP contribution is 2.32. The second-order valence-electron chi connectivity index (χ2n) is 6.40. The molecule has 1 aliphatic rings. The SMILES string of the molecule is Cc1cc(S(=O)(=O)NC2CCCc3cc(N)ccc32)cc(C)c1F. The summed E-state index contributed by atoms with van der Waals surface area (Å²) in [6.07, 6.45) is 2.52. The number of fused-ring (bicyclic) bond motifs is 1. The summed E-state index contributed by atoms with van der Waals surface area (Å²) >= 11 is 0. The van der Waals surface area contributed by atoms with Crippen LogP contribution in [0.25, 0.3) is 0 Å². The molecule has 0 bridgehead atoms. The Kier molecular flexibility index (Phi) is 4.36. The molecule has 0 aliphatic heterocycles. The third kappa shape index (κ3) is 3.16. The fourth-order valence-corrected chi connectivity index (χ4v) is 4.69. The average Bonchev–Trinajstić information content (AvgIpc) is 2.51. The molecule has 0 fully saturated rings. The van der Waals surface area contributed by atoms with Crippen molar-refractivity contribution in [3.8, 4) is 0 Å². The van der Waals surface area contributed by atoms with Crippen molar-refractivity contribution < 1.29 is 12.8 Å². The number of rotatable bonds is 3. The number of anilines is 1. The predicted molar refractivity (Wildman–Crippen MR) is 92.7 cm³/mol. The Balaban J connectivity index is 1.94. The van der Waals surface area contributed by atoms with Crippen molar-refractivity contribution in [1.29, 1.82) is 0 Å². The molecule has 3 rings (SSSR count). The van der Waals surface area contributed by atoms with E-state index in [1.54, 1.807) is 19.9 Å². The summed E-state index contributed by atoms with van der Waals surface area (Å²) in [6, 6.07) is 8.04. The highest BCUT2D eigenvalue weighted by molar-refractivity contribution is 7.89. The number of hydrogen-bond acceptors (Lipinski definition) is 3. The first kappa shape index (κ1) is 16.9. The molecule has 2 aromatic rings. The van der Waals surface area contributed by atoms with Crippen LogP contribution < -0.4 is 10.5 Å². The number of sulfonamides is 1. The summed E-state index contributed by atoms with van der Waals surface area (Å²) in [4.78, 5) is 0.0986. The first-order valence-corrected chi connectivity index (χ1v) is 9.43. The first-order valence-electron chi connectivity index (χ1n) is 7.95. The molecule has 0 saturated heterocycles. The maximum Gasteiger partial charge on any atom is 0.241 e. The molecule has 1 unspecified atom stereocenters. The third-order valence-corrected chi connectivity index (χ3v) is 5.95. The molecule has 0 saturated carbocycles. The molecule has 0 amide bonds. The summed E-state index contributed by atoms with van der Waals surface area (Å²) in [5.41, 5.74) is 9.20. The summed E-state index contributed by atoms with van der Waals surface area (Å²) < 4.78 is 42.0. The number of benzene rings is 2. The van der Waals surface area contributed by atoms with Crippen molar-refractivity contribution in [3.05, 3.63) is 58.4 Å². The molecule has 3 N–H and O–H groups in total. The van der Waals surface area contributed by atoms with Gasteiger partial charge >= 0.3 is 0 Å². The molecular formula is C18H21FN2O2S. The fraction of sp³-hybridized carbons (Fsp3) is 0.333. The van der Waals surface area contributed by atoms with E-state index in [0.29, 0.717) is 16.8 Å². The van der Waals surface area contributed by atoms with Gasteiger partial charge in [-0.1, -0.05) is 6.07 Å². The minimum Gasteiger partial charge on any atom is -0.399 e. The van der Waals surface area contributed by atoms with Gasteiger partial charge in [0.1, 0.15) is 5.82 Å². The molecule has 4 nitrogen and oxygen atoms in total. The van der Waals surface area contributed by atoms with E-state index < -0.39 is 10.0 Å². The van der Waals surface area contributed by atoms with E-state index in [4.69, 9.17) is 5.73 Å². The van der Waals surface area contributed by atoms with Crippen LogP contribution >= 0.6 is 0 Å². The maximum atomic E-state index is 13.8. The lowest BCUT2D eigenvalue weighted by Gasteiger charge is -2.26. The standard InChI is InChI=1S/C18H21FN2O2S/c1-11-8-15(9-12(2)18(11)19)24(22,23)21-17-5-3-4-13-10-14(20)6-7-16(13)17/h6-10,17,21H,3-5,20H2,1-2H3. The molecule has 1 atom stereocenters. The lowest BCUT2D eigenvalue weighted by molar-refractivity contribution is 0.507. The van der Waals surface area contributed by atoms with Crippen LogP contribution in [0.1, 0.15) is 41.1 Å². The summed E-state index contributed by atoms with van der Waals surface area (Å²) in [5.74, 6) is -0.368. The van der Waals surface area contributed by atoms with E-state index in [-0.39, 0.29) is 16.8 Å². The number of halogens is 1. The Morgan fingerprint density at radius 2 is 1.83 bits per heavy atom. The quantitative estimate of drug-likeness (QED) is 0.835. The normalized spacial score (nSPS) is 17.5.